The fraction of sp³-hybridized carbons (Fsp3) is 0.406. The molecule has 1 N–H and O–H groups in total. The van der Waals surface area contributed by atoms with E-state index in [4.69, 9.17) is 4.74 Å². The Morgan fingerprint density at radius 2 is 1.66 bits per heavy atom. The van der Waals surface area contributed by atoms with Gasteiger partial charge >= 0.3 is 0 Å². The lowest BCUT2D eigenvalue weighted by atomic mass is 9.74. The molecule has 0 bridgehead atoms. The fourth-order valence-corrected chi connectivity index (χ4v) is 9.14. The number of likely N-dealkylation sites (tertiary alicyclic amines) is 1. The second-order valence-electron chi connectivity index (χ2n) is 11.1. The lowest BCUT2D eigenvalue weighted by Gasteiger charge is -2.36. The minimum atomic E-state index is -0.934. The van der Waals surface area contributed by atoms with Gasteiger partial charge in [-0.05, 0) is 43.7 Å². The van der Waals surface area contributed by atoms with Gasteiger partial charge in [-0.15, -0.1) is 11.8 Å². The summed E-state index contributed by atoms with van der Waals surface area (Å²) in [5.41, 5.74) is 1.73. The van der Waals surface area contributed by atoms with Crippen LogP contribution in [0.1, 0.15) is 19.4 Å². The van der Waals surface area contributed by atoms with Crippen molar-refractivity contribution >= 4 is 35.2 Å². The standard InChI is InChI=1S/C32H35N3O5S/c1-3-40-24-13-11-23(12-14-24)34-18-7-15-31(2)25(28(34)37)26-29(38)35(19-20-36)27-30(39)33(17-8-16-32(26,27)41-31)21-22-9-5-4-6-10-22/h4-16,25-27,36H,3,17-21H2,1-2H3/t25-,26-,27?,31+,32-/m0/s1. The van der Waals surface area contributed by atoms with Gasteiger partial charge in [0.05, 0.1) is 29.8 Å². The molecular weight excluding hydrogens is 538 g/mol. The summed E-state index contributed by atoms with van der Waals surface area (Å²) in [5.74, 6) is -1.25. The predicted molar refractivity (Wildman–Crippen MR) is 158 cm³/mol. The molecule has 2 saturated heterocycles. The lowest BCUT2D eigenvalue weighted by molar-refractivity contribution is -0.143. The number of β-amino-alcohol motifs (C(OH)–C–C–N with tert-alkyl or cyclic N) is 1. The predicted octanol–water partition coefficient (Wildman–Crippen LogP) is 3.27. The summed E-state index contributed by atoms with van der Waals surface area (Å²) in [6.07, 6.45) is 8.03. The summed E-state index contributed by atoms with van der Waals surface area (Å²) in [6, 6.07) is 16.4. The van der Waals surface area contributed by atoms with E-state index in [1.165, 1.54) is 4.90 Å². The highest BCUT2D eigenvalue weighted by molar-refractivity contribution is 8.02. The Balaban J connectivity index is 1.39. The van der Waals surface area contributed by atoms with Crippen molar-refractivity contribution in [3.8, 4) is 5.75 Å². The largest absolute Gasteiger partial charge is 0.494 e. The Kier molecular flexibility index (Phi) is 7.20. The molecule has 2 fully saturated rings. The SMILES string of the molecule is CCOc1ccc(N2CC=C[C@@]3(C)S[C@]45C=CCN(Cc6ccccc6)C(=O)C4N(CCO)C(=O)[C@@H]5[C@H]3C2=O)cc1. The Hall–Kier alpha value is -3.56. The number of benzene rings is 2. The van der Waals surface area contributed by atoms with Crippen molar-refractivity contribution in [2.75, 3.05) is 37.7 Å². The number of carbonyl (C=O) groups is 3. The third-order valence-electron chi connectivity index (χ3n) is 8.66. The number of amides is 3. The highest BCUT2D eigenvalue weighted by atomic mass is 32.2. The fourth-order valence-electron chi connectivity index (χ4n) is 6.98. The molecule has 9 heteroatoms. The van der Waals surface area contributed by atoms with Crippen molar-refractivity contribution < 1.29 is 24.2 Å². The molecule has 41 heavy (non-hydrogen) atoms. The molecular formula is C32H35N3O5S. The number of nitrogens with zero attached hydrogens (tertiary/aromatic N) is 3. The van der Waals surface area contributed by atoms with Gasteiger partial charge in [0.25, 0.3) is 0 Å². The first-order chi connectivity index (χ1) is 19.8. The van der Waals surface area contributed by atoms with Crippen LogP contribution in [-0.2, 0) is 20.9 Å². The van der Waals surface area contributed by atoms with Gasteiger partial charge in [0.15, 0.2) is 0 Å². The van der Waals surface area contributed by atoms with Gasteiger partial charge < -0.3 is 24.5 Å². The molecule has 0 aliphatic carbocycles. The summed E-state index contributed by atoms with van der Waals surface area (Å²) < 4.78 is 3.95. The average molecular weight is 574 g/mol. The van der Waals surface area contributed by atoms with Crippen molar-refractivity contribution in [2.24, 2.45) is 11.8 Å². The molecule has 214 valence electrons. The Morgan fingerprint density at radius 1 is 0.927 bits per heavy atom. The Bertz CT molecular complexity index is 1400. The first-order valence-electron chi connectivity index (χ1n) is 14.2. The molecule has 1 unspecified atom stereocenters. The van der Waals surface area contributed by atoms with E-state index < -0.39 is 27.4 Å². The number of anilines is 1. The molecule has 3 amide bonds. The third-order valence-corrected chi connectivity index (χ3v) is 10.5. The van der Waals surface area contributed by atoms with Crippen molar-refractivity contribution in [3.63, 3.8) is 0 Å². The number of fused-ring (bicyclic) bond motifs is 2. The second kappa shape index (κ2) is 10.7. The number of ether oxygens (including phenoxy) is 1. The van der Waals surface area contributed by atoms with Crippen molar-refractivity contribution in [1.29, 1.82) is 0 Å². The zero-order valence-corrected chi connectivity index (χ0v) is 24.1. The molecule has 6 rings (SSSR count). The van der Waals surface area contributed by atoms with Crippen LogP contribution in [-0.4, -0.2) is 81.0 Å². The molecule has 1 spiro atoms. The van der Waals surface area contributed by atoms with Crippen LogP contribution < -0.4 is 9.64 Å². The molecule has 4 heterocycles. The maximum absolute atomic E-state index is 14.4. The molecule has 8 nitrogen and oxygen atoms in total. The number of aliphatic hydroxyl groups is 1. The van der Waals surface area contributed by atoms with Crippen molar-refractivity contribution in [3.05, 3.63) is 84.5 Å². The van der Waals surface area contributed by atoms with E-state index in [0.29, 0.717) is 26.2 Å². The molecule has 0 radical (unpaired) electrons. The van der Waals surface area contributed by atoms with Crippen LogP contribution in [0.5, 0.6) is 5.75 Å². The smallest absolute Gasteiger partial charge is 0.247 e. The van der Waals surface area contributed by atoms with Gasteiger partial charge in [-0.3, -0.25) is 14.4 Å². The van der Waals surface area contributed by atoms with Crippen LogP contribution in [0.25, 0.3) is 0 Å². The van der Waals surface area contributed by atoms with E-state index in [1.807, 2.05) is 92.7 Å². The van der Waals surface area contributed by atoms with E-state index in [2.05, 4.69) is 0 Å². The normalized spacial score (nSPS) is 30.7. The number of hydrogen-bond acceptors (Lipinski definition) is 6. The van der Waals surface area contributed by atoms with E-state index >= 15 is 0 Å². The van der Waals surface area contributed by atoms with Gasteiger partial charge in [-0.1, -0.05) is 54.6 Å². The monoisotopic (exact) mass is 573 g/mol. The number of thioether (sulfide) groups is 1. The summed E-state index contributed by atoms with van der Waals surface area (Å²) in [4.78, 5) is 48.0. The average Bonchev–Trinajstić information content (AvgIpc) is 3.23. The van der Waals surface area contributed by atoms with Gasteiger partial charge in [0, 0.05) is 36.6 Å². The summed E-state index contributed by atoms with van der Waals surface area (Å²) in [7, 11) is 0. The molecule has 0 saturated carbocycles. The van der Waals surface area contributed by atoms with Crippen LogP contribution in [0.2, 0.25) is 0 Å². The van der Waals surface area contributed by atoms with Crippen molar-refractivity contribution in [2.45, 2.75) is 35.9 Å². The molecule has 2 aromatic carbocycles. The van der Waals surface area contributed by atoms with Gasteiger partial charge in [0.2, 0.25) is 17.7 Å². The Labute approximate surface area is 244 Å². The van der Waals surface area contributed by atoms with Crippen LogP contribution in [0.4, 0.5) is 5.69 Å². The van der Waals surface area contributed by atoms with E-state index in [-0.39, 0.29) is 30.9 Å². The quantitative estimate of drug-likeness (QED) is 0.512. The third kappa shape index (κ3) is 4.46. The first kappa shape index (κ1) is 27.6. The topological polar surface area (TPSA) is 90.4 Å². The van der Waals surface area contributed by atoms with Crippen LogP contribution >= 0.6 is 11.8 Å². The highest BCUT2D eigenvalue weighted by Gasteiger charge is 2.73. The summed E-state index contributed by atoms with van der Waals surface area (Å²) in [5, 5.41) is 9.94. The molecule has 2 aromatic rings. The van der Waals surface area contributed by atoms with Gasteiger partial charge in [-0.2, -0.15) is 0 Å². The van der Waals surface area contributed by atoms with E-state index in [0.717, 1.165) is 17.0 Å². The number of aliphatic hydroxyl groups excluding tert-OH is 1. The number of rotatable bonds is 7. The van der Waals surface area contributed by atoms with E-state index in [1.54, 1.807) is 21.6 Å². The zero-order chi connectivity index (χ0) is 28.8. The molecule has 0 aromatic heterocycles. The lowest BCUT2D eigenvalue weighted by Crippen LogP contribution is -2.53. The molecule has 5 atom stereocenters. The zero-order valence-electron chi connectivity index (χ0n) is 23.3. The van der Waals surface area contributed by atoms with Crippen LogP contribution in [0.15, 0.2) is 78.9 Å². The summed E-state index contributed by atoms with van der Waals surface area (Å²) in [6.45, 7) is 5.46. The van der Waals surface area contributed by atoms with Crippen molar-refractivity contribution in [1.82, 2.24) is 9.80 Å². The van der Waals surface area contributed by atoms with Gasteiger partial charge in [0.1, 0.15) is 11.8 Å². The second-order valence-corrected chi connectivity index (χ2v) is 12.9. The Morgan fingerprint density at radius 3 is 2.37 bits per heavy atom. The van der Waals surface area contributed by atoms with Crippen LogP contribution in [0, 0.1) is 11.8 Å². The molecule has 4 aliphatic heterocycles. The minimum absolute atomic E-state index is 0.0388. The minimum Gasteiger partial charge on any atom is -0.494 e. The summed E-state index contributed by atoms with van der Waals surface area (Å²) >= 11 is 1.55. The highest BCUT2D eigenvalue weighted by Crippen LogP contribution is 2.65. The first-order valence-corrected chi connectivity index (χ1v) is 15.0. The van der Waals surface area contributed by atoms with Gasteiger partial charge in [-0.25, -0.2) is 0 Å². The van der Waals surface area contributed by atoms with Crippen LogP contribution in [0.3, 0.4) is 0 Å². The number of carbonyl (C=O) groups excluding carboxylic acids is 3. The molecule has 4 aliphatic rings. The number of hydrogen-bond donors (Lipinski definition) is 1. The van der Waals surface area contributed by atoms with E-state index in [9.17, 15) is 19.5 Å². The maximum Gasteiger partial charge on any atom is 0.247 e. The maximum atomic E-state index is 14.4.